The first-order chi connectivity index (χ1) is 7.43. The van der Waals surface area contributed by atoms with Gasteiger partial charge in [0.05, 0.1) is 6.54 Å². The van der Waals surface area contributed by atoms with E-state index in [1.54, 1.807) is 20.8 Å². The molecule has 0 aliphatic rings. The third-order valence-corrected chi connectivity index (χ3v) is 2.20. The minimum absolute atomic E-state index is 0.114. The molecule has 1 atom stereocenters. The van der Waals surface area contributed by atoms with Gasteiger partial charge in [-0.3, -0.25) is 4.79 Å². The van der Waals surface area contributed by atoms with E-state index in [4.69, 9.17) is 5.11 Å². The minimum Gasteiger partial charge on any atom is -0.480 e. The van der Waals surface area contributed by atoms with Crippen LogP contribution in [0.15, 0.2) is 0 Å². The largest absolute Gasteiger partial charge is 0.480 e. The van der Waals surface area contributed by atoms with Crippen molar-refractivity contribution in [3.05, 3.63) is 0 Å². The Kier molecular flexibility index (Phi) is 5.13. The summed E-state index contributed by atoms with van der Waals surface area (Å²) in [6, 6.07) is -0.878. The van der Waals surface area contributed by atoms with Crippen LogP contribution in [0.2, 0.25) is 0 Å². The van der Waals surface area contributed by atoms with E-state index in [2.05, 4.69) is 10.6 Å². The van der Waals surface area contributed by atoms with Gasteiger partial charge in [-0.25, -0.2) is 4.79 Å². The van der Waals surface area contributed by atoms with Gasteiger partial charge in [0.1, 0.15) is 6.04 Å². The third kappa shape index (κ3) is 6.94. The lowest BCUT2D eigenvalue weighted by Crippen LogP contribution is -2.52. The summed E-state index contributed by atoms with van der Waals surface area (Å²) >= 11 is 0. The quantitative estimate of drug-likeness (QED) is 0.689. The van der Waals surface area contributed by atoms with E-state index >= 15 is 0 Å². The van der Waals surface area contributed by atoms with Gasteiger partial charge in [-0.2, -0.15) is 0 Å². The molecule has 0 radical (unpaired) electrons. The summed E-state index contributed by atoms with van der Waals surface area (Å²) in [7, 11) is 0. The lowest BCUT2D eigenvalue weighted by molar-refractivity contribution is -0.144. The van der Waals surface area contributed by atoms with Gasteiger partial charge in [-0.15, -0.1) is 0 Å². The molecule has 100 valence electrons. The predicted octanol–water partition coefficient (Wildman–Crippen LogP) is 0.990. The minimum atomic E-state index is -1.01. The Hall–Kier alpha value is -1.10. The van der Waals surface area contributed by atoms with E-state index < -0.39 is 17.4 Å². The van der Waals surface area contributed by atoms with Crippen molar-refractivity contribution in [2.75, 3.05) is 6.54 Å². The first-order valence-electron chi connectivity index (χ1n) is 5.70. The van der Waals surface area contributed by atoms with Crippen molar-refractivity contribution < 1.29 is 14.7 Å². The molecule has 0 bridgehead atoms. The molecule has 0 rings (SSSR count). The van der Waals surface area contributed by atoms with Gasteiger partial charge in [0, 0.05) is 5.54 Å². The standard InChI is InChI=1S/C12H24N2O3/c1-11(2,3)9(10(16)17)14-8(15)7-13-12(4,5)6/h9,13H,7H2,1-6H3,(H,14,15)(H,16,17). The SMILES string of the molecule is CC(C)(C)NCC(=O)NC(C(=O)O)C(C)(C)C. The maximum absolute atomic E-state index is 11.6. The van der Waals surface area contributed by atoms with Crippen molar-refractivity contribution >= 4 is 11.9 Å². The second kappa shape index (κ2) is 5.49. The van der Waals surface area contributed by atoms with Crippen LogP contribution in [0.3, 0.4) is 0 Å². The monoisotopic (exact) mass is 244 g/mol. The summed E-state index contributed by atoms with van der Waals surface area (Å²) in [6.45, 7) is 11.3. The molecule has 0 saturated heterocycles. The molecule has 5 nitrogen and oxygen atoms in total. The number of carbonyl (C=O) groups is 2. The molecule has 0 aromatic heterocycles. The van der Waals surface area contributed by atoms with Gasteiger partial charge in [-0.05, 0) is 26.2 Å². The van der Waals surface area contributed by atoms with Crippen LogP contribution in [0, 0.1) is 5.41 Å². The second-order valence-corrected chi connectivity index (χ2v) is 6.31. The number of carboxylic acid groups (broad SMARTS) is 1. The molecule has 0 saturated carbocycles. The lowest BCUT2D eigenvalue weighted by Gasteiger charge is -2.28. The molecule has 0 spiro atoms. The Bertz CT molecular complexity index is 287. The zero-order valence-electron chi connectivity index (χ0n) is 11.5. The summed E-state index contributed by atoms with van der Waals surface area (Å²) in [4.78, 5) is 22.7. The Morgan fingerprint density at radius 1 is 1.12 bits per heavy atom. The third-order valence-electron chi connectivity index (χ3n) is 2.20. The zero-order chi connectivity index (χ0) is 13.9. The van der Waals surface area contributed by atoms with Gasteiger partial charge in [0.15, 0.2) is 0 Å². The fourth-order valence-corrected chi connectivity index (χ4v) is 1.21. The van der Waals surface area contributed by atoms with Crippen molar-refractivity contribution in [2.24, 2.45) is 5.41 Å². The van der Waals surface area contributed by atoms with Crippen LogP contribution in [-0.4, -0.2) is 35.1 Å². The molecule has 0 aliphatic heterocycles. The van der Waals surface area contributed by atoms with Crippen molar-refractivity contribution in [1.29, 1.82) is 0 Å². The number of aliphatic carboxylic acids is 1. The van der Waals surface area contributed by atoms with Crippen LogP contribution < -0.4 is 10.6 Å². The maximum Gasteiger partial charge on any atom is 0.326 e. The van der Waals surface area contributed by atoms with Crippen LogP contribution in [0.4, 0.5) is 0 Å². The highest BCUT2D eigenvalue weighted by Gasteiger charge is 2.32. The highest BCUT2D eigenvalue weighted by molar-refractivity contribution is 5.85. The topological polar surface area (TPSA) is 78.4 Å². The number of hydrogen-bond acceptors (Lipinski definition) is 3. The Morgan fingerprint density at radius 2 is 1.59 bits per heavy atom. The van der Waals surface area contributed by atoms with Gasteiger partial charge >= 0.3 is 5.97 Å². The Morgan fingerprint density at radius 3 is 1.88 bits per heavy atom. The van der Waals surface area contributed by atoms with E-state index in [9.17, 15) is 9.59 Å². The van der Waals surface area contributed by atoms with Crippen LogP contribution in [-0.2, 0) is 9.59 Å². The molecule has 0 aromatic carbocycles. The molecular formula is C12H24N2O3. The molecular weight excluding hydrogens is 220 g/mol. The van der Waals surface area contributed by atoms with Gasteiger partial charge in [0.2, 0.25) is 5.91 Å². The van der Waals surface area contributed by atoms with Crippen LogP contribution in [0.25, 0.3) is 0 Å². The van der Waals surface area contributed by atoms with Crippen molar-refractivity contribution in [1.82, 2.24) is 10.6 Å². The van der Waals surface area contributed by atoms with Crippen molar-refractivity contribution in [3.63, 3.8) is 0 Å². The summed E-state index contributed by atoms with van der Waals surface area (Å²) in [5, 5.41) is 14.6. The Labute approximate surface area is 103 Å². The van der Waals surface area contributed by atoms with E-state index in [-0.39, 0.29) is 18.0 Å². The summed E-state index contributed by atoms with van der Waals surface area (Å²) in [6.07, 6.45) is 0. The molecule has 0 aliphatic carbocycles. The highest BCUT2D eigenvalue weighted by Crippen LogP contribution is 2.19. The summed E-state index contributed by atoms with van der Waals surface area (Å²) in [5.41, 5.74) is -0.680. The maximum atomic E-state index is 11.6. The van der Waals surface area contributed by atoms with Gasteiger partial charge < -0.3 is 15.7 Å². The van der Waals surface area contributed by atoms with E-state index in [0.717, 1.165) is 0 Å². The molecule has 0 fully saturated rings. The fourth-order valence-electron chi connectivity index (χ4n) is 1.21. The van der Waals surface area contributed by atoms with E-state index in [0.29, 0.717) is 0 Å². The van der Waals surface area contributed by atoms with Crippen molar-refractivity contribution in [3.8, 4) is 0 Å². The lowest BCUT2D eigenvalue weighted by atomic mass is 9.87. The van der Waals surface area contributed by atoms with Gasteiger partial charge in [0.25, 0.3) is 0 Å². The average Bonchev–Trinajstić information content (AvgIpc) is 2.07. The number of carboxylic acids is 1. The highest BCUT2D eigenvalue weighted by atomic mass is 16.4. The number of carbonyl (C=O) groups excluding carboxylic acids is 1. The number of rotatable bonds is 4. The number of hydrogen-bond donors (Lipinski definition) is 3. The molecule has 17 heavy (non-hydrogen) atoms. The van der Waals surface area contributed by atoms with Crippen LogP contribution in [0.5, 0.6) is 0 Å². The Balaban J connectivity index is 4.39. The zero-order valence-corrected chi connectivity index (χ0v) is 11.5. The average molecular weight is 244 g/mol. The van der Waals surface area contributed by atoms with Crippen LogP contribution in [0.1, 0.15) is 41.5 Å². The number of amides is 1. The fraction of sp³-hybridized carbons (Fsp3) is 0.833. The normalized spacial score (nSPS) is 14.2. The second-order valence-electron chi connectivity index (χ2n) is 6.31. The first-order valence-corrected chi connectivity index (χ1v) is 5.70. The van der Waals surface area contributed by atoms with E-state index in [1.165, 1.54) is 0 Å². The van der Waals surface area contributed by atoms with E-state index in [1.807, 2.05) is 20.8 Å². The molecule has 1 unspecified atom stereocenters. The summed E-state index contributed by atoms with van der Waals surface area (Å²) < 4.78 is 0. The number of nitrogens with one attached hydrogen (secondary N) is 2. The smallest absolute Gasteiger partial charge is 0.326 e. The van der Waals surface area contributed by atoms with Gasteiger partial charge in [-0.1, -0.05) is 20.8 Å². The molecule has 3 N–H and O–H groups in total. The van der Waals surface area contributed by atoms with Crippen molar-refractivity contribution in [2.45, 2.75) is 53.1 Å². The predicted molar refractivity (Wildman–Crippen MR) is 66.8 cm³/mol. The summed E-state index contributed by atoms with van der Waals surface area (Å²) in [5.74, 6) is -1.32. The molecule has 0 aromatic rings. The first kappa shape index (κ1) is 15.9. The molecule has 5 heteroatoms. The molecule has 1 amide bonds. The van der Waals surface area contributed by atoms with Crippen LogP contribution >= 0.6 is 0 Å². The molecule has 0 heterocycles.